The van der Waals surface area contributed by atoms with Crippen LogP contribution in [0.2, 0.25) is 0 Å². The van der Waals surface area contributed by atoms with Crippen LogP contribution in [-0.4, -0.2) is 29.9 Å². The van der Waals surface area contributed by atoms with Gasteiger partial charge >= 0.3 is 0 Å². The molecule has 0 saturated heterocycles. The van der Waals surface area contributed by atoms with Gasteiger partial charge in [-0.3, -0.25) is 14.6 Å². The van der Waals surface area contributed by atoms with Crippen molar-refractivity contribution in [1.82, 2.24) is 15.6 Å². The first-order valence-corrected chi connectivity index (χ1v) is 7.44. The third-order valence-corrected chi connectivity index (χ3v) is 3.32. The molecule has 1 aromatic carbocycles. The Morgan fingerprint density at radius 3 is 2.64 bits per heavy atom. The summed E-state index contributed by atoms with van der Waals surface area (Å²) in [6.45, 7) is 6.40. The molecule has 1 heterocycles. The molecule has 116 valence electrons. The first kappa shape index (κ1) is 15.9. The molecule has 0 fully saturated rings. The number of aromatic nitrogens is 1. The second kappa shape index (κ2) is 7.02. The lowest BCUT2D eigenvalue weighted by Gasteiger charge is -2.10. The van der Waals surface area contributed by atoms with E-state index in [1.807, 2.05) is 39.0 Å². The second-order valence-electron chi connectivity index (χ2n) is 5.36. The average molecular weight is 299 g/mol. The van der Waals surface area contributed by atoms with Gasteiger partial charge in [-0.25, -0.2) is 0 Å². The maximum atomic E-state index is 12.4. The molecule has 5 nitrogen and oxygen atoms in total. The van der Waals surface area contributed by atoms with Gasteiger partial charge in [0.05, 0.1) is 17.6 Å². The fraction of sp³-hybridized carbons (Fsp3) is 0.353. The Hall–Kier alpha value is -2.43. The summed E-state index contributed by atoms with van der Waals surface area (Å²) in [6, 6.07) is 7.56. The first-order valence-electron chi connectivity index (χ1n) is 7.44. The minimum absolute atomic E-state index is 0.0203. The van der Waals surface area contributed by atoms with Crippen molar-refractivity contribution in [1.29, 1.82) is 0 Å². The number of carbonyl (C=O) groups is 2. The topological polar surface area (TPSA) is 71.1 Å². The van der Waals surface area contributed by atoms with E-state index in [0.29, 0.717) is 12.1 Å². The Morgan fingerprint density at radius 1 is 1.14 bits per heavy atom. The van der Waals surface area contributed by atoms with Gasteiger partial charge in [0.25, 0.3) is 5.91 Å². The highest BCUT2D eigenvalue weighted by molar-refractivity contribution is 6.07. The van der Waals surface area contributed by atoms with Crippen LogP contribution in [0.5, 0.6) is 0 Å². The number of benzene rings is 1. The van der Waals surface area contributed by atoms with Gasteiger partial charge in [-0.15, -0.1) is 0 Å². The second-order valence-corrected chi connectivity index (χ2v) is 5.36. The fourth-order valence-electron chi connectivity index (χ4n) is 2.24. The molecule has 2 rings (SSSR count). The number of rotatable bonds is 5. The van der Waals surface area contributed by atoms with Crippen molar-refractivity contribution in [2.75, 3.05) is 13.1 Å². The number of hydrogen-bond donors (Lipinski definition) is 2. The van der Waals surface area contributed by atoms with E-state index in [1.165, 1.54) is 0 Å². The van der Waals surface area contributed by atoms with Gasteiger partial charge in [-0.1, -0.05) is 18.6 Å². The van der Waals surface area contributed by atoms with E-state index in [4.69, 9.17) is 0 Å². The van der Waals surface area contributed by atoms with Crippen LogP contribution in [0.4, 0.5) is 0 Å². The van der Waals surface area contributed by atoms with Crippen LogP contribution in [0.25, 0.3) is 10.9 Å². The zero-order chi connectivity index (χ0) is 16.1. The van der Waals surface area contributed by atoms with Crippen LogP contribution in [-0.2, 0) is 4.79 Å². The fourth-order valence-corrected chi connectivity index (χ4v) is 2.24. The van der Waals surface area contributed by atoms with Crippen molar-refractivity contribution in [3.05, 3.63) is 41.1 Å². The maximum Gasteiger partial charge on any atom is 0.252 e. The number of fused-ring (bicyclic) bond motifs is 1. The lowest BCUT2D eigenvalue weighted by atomic mass is 10.0. The number of carbonyl (C=O) groups excluding carboxylic acids is 2. The van der Waals surface area contributed by atoms with Crippen molar-refractivity contribution in [3.63, 3.8) is 0 Å². The van der Waals surface area contributed by atoms with Gasteiger partial charge in [-0.05, 0) is 38.5 Å². The van der Waals surface area contributed by atoms with Crippen molar-refractivity contribution >= 4 is 22.7 Å². The van der Waals surface area contributed by atoms with Crippen LogP contribution in [0.15, 0.2) is 24.3 Å². The van der Waals surface area contributed by atoms with Gasteiger partial charge < -0.3 is 10.6 Å². The Kier molecular flexibility index (Phi) is 5.09. The van der Waals surface area contributed by atoms with Gasteiger partial charge in [0.15, 0.2) is 0 Å². The van der Waals surface area contributed by atoms with Crippen LogP contribution < -0.4 is 10.6 Å². The Balaban J connectivity index is 2.20. The summed E-state index contributed by atoms with van der Waals surface area (Å²) in [5.41, 5.74) is 3.17. The quantitative estimate of drug-likeness (QED) is 0.888. The van der Waals surface area contributed by atoms with Crippen molar-refractivity contribution in [2.24, 2.45) is 0 Å². The van der Waals surface area contributed by atoms with E-state index < -0.39 is 0 Å². The summed E-state index contributed by atoms with van der Waals surface area (Å²) in [4.78, 5) is 28.4. The number of amides is 2. The summed E-state index contributed by atoms with van der Waals surface area (Å²) < 4.78 is 0. The molecule has 0 aliphatic heterocycles. The van der Waals surface area contributed by atoms with Crippen molar-refractivity contribution < 1.29 is 9.59 Å². The lowest BCUT2D eigenvalue weighted by molar-refractivity contribution is -0.120. The number of pyridine rings is 1. The summed E-state index contributed by atoms with van der Waals surface area (Å²) in [7, 11) is 0. The predicted molar refractivity (Wildman–Crippen MR) is 86.9 cm³/mol. The highest BCUT2D eigenvalue weighted by Gasteiger charge is 2.13. The summed E-state index contributed by atoms with van der Waals surface area (Å²) in [6.07, 6.45) is 0.868. The van der Waals surface area contributed by atoms with E-state index in [2.05, 4.69) is 15.6 Å². The SMILES string of the molecule is CCCNC(=O)CNC(=O)c1cc(C)nc2ccc(C)cc12. The minimum atomic E-state index is -0.257. The number of hydrogen-bond acceptors (Lipinski definition) is 3. The number of nitrogens with zero attached hydrogens (tertiary/aromatic N) is 1. The monoisotopic (exact) mass is 299 g/mol. The summed E-state index contributed by atoms with van der Waals surface area (Å²) in [5.74, 6) is -0.436. The molecule has 5 heteroatoms. The number of aryl methyl sites for hydroxylation is 2. The molecule has 2 amide bonds. The average Bonchev–Trinajstić information content (AvgIpc) is 2.50. The van der Waals surface area contributed by atoms with Crippen molar-refractivity contribution in [3.8, 4) is 0 Å². The van der Waals surface area contributed by atoms with Crippen LogP contribution in [0.3, 0.4) is 0 Å². The summed E-state index contributed by atoms with van der Waals surface area (Å²) in [5, 5.41) is 6.20. The molecule has 2 N–H and O–H groups in total. The van der Waals surface area contributed by atoms with Gasteiger partial charge in [0.2, 0.25) is 5.91 Å². The van der Waals surface area contributed by atoms with Crippen LogP contribution in [0.1, 0.15) is 35.0 Å². The summed E-state index contributed by atoms with van der Waals surface area (Å²) >= 11 is 0. The van der Waals surface area contributed by atoms with Gasteiger partial charge in [0.1, 0.15) is 0 Å². The molecule has 0 aliphatic carbocycles. The van der Waals surface area contributed by atoms with E-state index in [-0.39, 0.29) is 18.4 Å². The normalized spacial score (nSPS) is 10.5. The molecule has 2 aromatic rings. The Labute approximate surface area is 130 Å². The first-order chi connectivity index (χ1) is 10.5. The van der Waals surface area contributed by atoms with E-state index in [0.717, 1.165) is 28.6 Å². The largest absolute Gasteiger partial charge is 0.355 e. The molecule has 22 heavy (non-hydrogen) atoms. The molecule has 0 unspecified atom stereocenters. The van der Waals surface area contributed by atoms with E-state index >= 15 is 0 Å². The highest BCUT2D eigenvalue weighted by atomic mass is 16.2. The van der Waals surface area contributed by atoms with Crippen LogP contribution >= 0.6 is 0 Å². The van der Waals surface area contributed by atoms with Gasteiger partial charge in [-0.2, -0.15) is 0 Å². The van der Waals surface area contributed by atoms with E-state index in [1.54, 1.807) is 6.07 Å². The van der Waals surface area contributed by atoms with Crippen molar-refractivity contribution in [2.45, 2.75) is 27.2 Å². The zero-order valence-corrected chi connectivity index (χ0v) is 13.2. The molecule has 0 bridgehead atoms. The third kappa shape index (κ3) is 3.81. The molecular formula is C17H21N3O2. The lowest BCUT2D eigenvalue weighted by Crippen LogP contribution is -2.37. The minimum Gasteiger partial charge on any atom is -0.355 e. The Bertz CT molecular complexity index is 710. The molecule has 0 saturated carbocycles. The van der Waals surface area contributed by atoms with Crippen LogP contribution in [0, 0.1) is 13.8 Å². The predicted octanol–water partition coefficient (Wildman–Crippen LogP) is 2.11. The zero-order valence-electron chi connectivity index (χ0n) is 13.2. The molecule has 0 aliphatic rings. The third-order valence-electron chi connectivity index (χ3n) is 3.32. The highest BCUT2D eigenvalue weighted by Crippen LogP contribution is 2.19. The van der Waals surface area contributed by atoms with Gasteiger partial charge in [0, 0.05) is 17.6 Å². The molecule has 0 atom stereocenters. The molecule has 0 radical (unpaired) electrons. The molecular weight excluding hydrogens is 278 g/mol. The maximum absolute atomic E-state index is 12.4. The number of nitrogens with one attached hydrogen (secondary N) is 2. The molecule has 0 spiro atoms. The van der Waals surface area contributed by atoms with E-state index in [9.17, 15) is 9.59 Å². The Morgan fingerprint density at radius 2 is 1.91 bits per heavy atom. The molecule has 1 aromatic heterocycles. The standard InChI is InChI=1S/C17H21N3O2/c1-4-7-18-16(21)10-19-17(22)14-9-12(3)20-15-6-5-11(2)8-13(14)15/h5-6,8-9H,4,7,10H2,1-3H3,(H,18,21)(H,19,22). The smallest absolute Gasteiger partial charge is 0.252 e.